The predicted molar refractivity (Wildman–Crippen MR) is 100 cm³/mol. The van der Waals surface area contributed by atoms with E-state index in [1.165, 1.54) is 10.9 Å². The summed E-state index contributed by atoms with van der Waals surface area (Å²) in [7, 11) is 0. The third-order valence-electron chi connectivity index (χ3n) is 4.74. The summed E-state index contributed by atoms with van der Waals surface area (Å²) in [6.45, 7) is 1.91. The SMILES string of the molecule is Cc1ccc(NC(=O)Cn2cnc3nc4c(cc3c2=O)CCCC4)cc1. The molecule has 1 N–H and O–H groups in total. The fraction of sp³-hybridized carbons (Fsp3) is 0.300. The average molecular weight is 348 g/mol. The van der Waals surface area contributed by atoms with E-state index < -0.39 is 0 Å². The van der Waals surface area contributed by atoms with Gasteiger partial charge in [-0.3, -0.25) is 14.2 Å². The number of aryl methyl sites for hydroxylation is 3. The van der Waals surface area contributed by atoms with Gasteiger partial charge in [-0.1, -0.05) is 17.7 Å². The first-order valence-corrected chi connectivity index (χ1v) is 8.84. The van der Waals surface area contributed by atoms with E-state index in [1.54, 1.807) is 0 Å². The Hall–Kier alpha value is -3.02. The quantitative estimate of drug-likeness (QED) is 0.789. The van der Waals surface area contributed by atoms with Gasteiger partial charge in [0.05, 0.1) is 5.39 Å². The van der Waals surface area contributed by atoms with Crippen molar-refractivity contribution in [3.63, 3.8) is 0 Å². The van der Waals surface area contributed by atoms with Crippen LogP contribution in [0.15, 0.2) is 41.5 Å². The molecule has 4 rings (SSSR count). The fourth-order valence-corrected chi connectivity index (χ4v) is 3.31. The lowest BCUT2D eigenvalue weighted by Gasteiger charge is -2.15. The first-order valence-electron chi connectivity index (χ1n) is 8.84. The average Bonchev–Trinajstić information content (AvgIpc) is 2.65. The zero-order valence-corrected chi connectivity index (χ0v) is 14.7. The van der Waals surface area contributed by atoms with E-state index in [0.717, 1.165) is 42.5 Å². The number of aromatic nitrogens is 3. The summed E-state index contributed by atoms with van der Waals surface area (Å²) in [5.74, 6) is -0.261. The van der Waals surface area contributed by atoms with Gasteiger partial charge in [-0.05, 0) is 56.4 Å². The molecule has 6 heteroatoms. The number of carbonyl (C=O) groups is 1. The molecule has 0 saturated heterocycles. The van der Waals surface area contributed by atoms with Crippen molar-refractivity contribution in [1.29, 1.82) is 0 Å². The molecular weight excluding hydrogens is 328 g/mol. The summed E-state index contributed by atoms with van der Waals surface area (Å²) < 4.78 is 1.34. The molecule has 0 fully saturated rings. The number of amides is 1. The number of hydrogen-bond donors (Lipinski definition) is 1. The maximum Gasteiger partial charge on any atom is 0.263 e. The number of nitrogens with zero attached hydrogens (tertiary/aromatic N) is 3. The van der Waals surface area contributed by atoms with Crippen LogP contribution in [0.25, 0.3) is 11.0 Å². The second-order valence-electron chi connectivity index (χ2n) is 6.76. The van der Waals surface area contributed by atoms with Crippen LogP contribution in [-0.4, -0.2) is 20.4 Å². The highest BCUT2D eigenvalue weighted by Gasteiger charge is 2.15. The Morgan fingerprint density at radius 1 is 1.19 bits per heavy atom. The van der Waals surface area contributed by atoms with Crippen LogP contribution in [0.1, 0.15) is 29.7 Å². The van der Waals surface area contributed by atoms with E-state index in [9.17, 15) is 9.59 Å². The second-order valence-corrected chi connectivity index (χ2v) is 6.76. The summed E-state index contributed by atoms with van der Waals surface area (Å²) in [4.78, 5) is 33.9. The Balaban J connectivity index is 1.60. The molecule has 0 atom stereocenters. The van der Waals surface area contributed by atoms with Crippen molar-refractivity contribution >= 4 is 22.6 Å². The summed E-state index contributed by atoms with van der Waals surface area (Å²) in [5, 5.41) is 3.28. The molecule has 6 nitrogen and oxygen atoms in total. The van der Waals surface area contributed by atoms with Gasteiger partial charge >= 0.3 is 0 Å². The standard InChI is InChI=1S/C20H20N4O2/c1-13-6-8-15(9-7-13)22-18(25)11-24-12-21-19-16(20(24)26)10-14-4-2-3-5-17(14)23-19/h6-10,12H,2-5,11H2,1H3,(H,22,25). The summed E-state index contributed by atoms with van der Waals surface area (Å²) >= 11 is 0. The molecule has 1 aliphatic rings. The van der Waals surface area contributed by atoms with E-state index >= 15 is 0 Å². The highest BCUT2D eigenvalue weighted by molar-refractivity contribution is 5.90. The Kier molecular flexibility index (Phi) is 4.24. The Bertz CT molecular complexity index is 1040. The summed E-state index contributed by atoms with van der Waals surface area (Å²) in [6, 6.07) is 9.43. The minimum atomic E-state index is -0.261. The number of anilines is 1. The third kappa shape index (κ3) is 3.22. The van der Waals surface area contributed by atoms with Gasteiger partial charge in [0, 0.05) is 11.4 Å². The molecule has 2 heterocycles. The zero-order chi connectivity index (χ0) is 18.1. The smallest absolute Gasteiger partial charge is 0.263 e. The van der Waals surface area contributed by atoms with Crippen molar-refractivity contribution in [3.05, 3.63) is 63.8 Å². The minimum Gasteiger partial charge on any atom is -0.325 e. The maximum atomic E-state index is 12.7. The minimum absolute atomic E-state index is 0.0767. The Morgan fingerprint density at radius 2 is 1.96 bits per heavy atom. The van der Waals surface area contributed by atoms with Crippen LogP contribution >= 0.6 is 0 Å². The molecular formula is C20H20N4O2. The molecule has 0 bridgehead atoms. The zero-order valence-electron chi connectivity index (χ0n) is 14.7. The normalized spacial score (nSPS) is 13.4. The molecule has 26 heavy (non-hydrogen) atoms. The van der Waals surface area contributed by atoms with Crippen molar-refractivity contribution in [2.24, 2.45) is 0 Å². The number of carbonyl (C=O) groups excluding carboxylic acids is 1. The molecule has 0 saturated carbocycles. The molecule has 0 spiro atoms. The molecule has 0 unspecified atom stereocenters. The van der Waals surface area contributed by atoms with Crippen molar-refractivity contribution < 1.29 is 4.79 Å². The highest BCUT2D eigenvalue weighted by Crippen LogP contribution is 2.21. The van der Waals surface area contributed by atoms with Gasteiger partial charge in [0.1, 0.15) is 12.9 Å². The van der Waals surface area contributed by atoms with E-state index in [4.69, 9.17) is 0 Å². The van der Waals surface area contributed by atoms with Crippen molar-refractivity contribution in [1.82, 2.24) is 14.5 Å². The molecule has 132 valence electrons. The fourth-order valence-electron chi connectivity index (χ4n) is 3.31. The number of hydrogen-bond acceptors (Lipinski definition) is 4. The van der Waals surface area contributed by atoms with E-state index in [1.807, 2.05) is 37.3 Å². The van der Waals surface area contributed by atoms with E-state index in [2.05, 4.69) is 15.3 Å². The third-order valence-corrected chi connectivity index (χ3v) is 4.74. The van der Waals surface area contributed by atoms with Crippen LogP contribution in [-0.2, 0) is 24.2 Å². The molecule has 0 radical (unpaired) electrons. The summed E-state index contributed by atoms with van der Waals surface area (Å²) in [5.41, 5.74) is 4.24. The monoisotopic (exact) mass is 348 g/mol. The lowest BCUT2D eigenvalue weighted by molar-refractivity contribution is -0.116. The van der Waals surface area contributed by atoms with Crippen molar-refractivity contribution in [2.45, 2.75) is 39.2 Å². The molecule has 1 aromatic carbocycles. The van der Waals surface area contributed by atoms with Crippen molar-refractivity contribution in [2.75, 3.05) is 5.32 Å². The van der Waals surface area contributed by atoms with Gasteiger partial charge in [0.25, 0.3) is 5.56 Å². The largest absolute Gasteiger partial charge is 0.325 e. The Morgan fingerprint density at radius 3 is 2.77 bits per heavy atom. The predicted octanol–water partition coefficient (Wildman–Crippen LogP) is 2.62. The molecule has 0 aliphatic heterocycles. The highest BCUT2D eigenvalue weighted by atomic mass is 16.2. The van der Waals surface area contributed by atoms with Crippen molar-refractivity contribution in [3.8, 4) is 0 Å². The van der Waals surface area contributed by atoms with Gasteiger partial charge < -0.3 is 5.32 Å². The van der Waals surface area contributed by atoms with Crippen LogP contribution < -0.4 is 10.9 Å². The lowest BCUT2D eigenvalue weighted by Crippen LogP contribution is -2.28. The molecule has 1 amide bonds. The van der Waals surface area contributed by atoms with Gasteiger partial charge in [0.2, 0.25) is 5.91 Å². The molecule has 1 aliphatic carbocycles. The maximum absolute atomic E-state index is 12.7. The molecule has 2 aromatic heterocycles. The Labute approximate surface area is 150 Å². The van der Waals surface area contributed by atoms with E-state index in [0.29, 0.717) is 16.7 Å². The van der Waals surface area contributed by atoms with Crippen LogP contribution in [0.4, 0.5) is 5.69 Å². The van der Waals surface area contributed by atoms with Gasteiger partial charge in [-0.25, -0.2) is 9.97 Å². The van der Waals surface area contributed by atoms with Gasteiger partial charge in [0.15, 0.2) is 5.65 Å². The number of fused-ring (bicyclic) bond motifs is 2. The first-order chi connectivity index (χ1) is 12.6. The number of pyridine rings is 1. The van der Waals surface area contributed by atoms with E-state index in [-0.39, 0.29) is 18.0 Å². The van der Waals surface area contributed by atoms with Gasteiger partial charge in [-0.15, -0.1) is 0 Å². The topological polar surface area (TPSA) is 76.9 Å². The number of benzene rings is 1. The van der Waals surface area contributed by atoms with Crippen LogP contribution in [0.2, 0.25) is 0 Å². The van der Waals surface area contributed by atoms with Gasteiger partial charge in [-0.2, -0.15) is 0 Å². The number of rotatable bonds is 3. The van der Waals surface area contributed by atoms with Crippen LogP contribution in [0, 0.1) is 6.92 Å². The van der Waals surface area contributed by atoms with Crippen LogP contribution in [0.5, 0.6) is 0 Å². The first kappa shape index (κ1) is 16.4. The lowest BCUT2D eigenvalue weighted by atomic mass is 9.95. The van der Waals surface area contributed by atoms with Crippen LogP contribution in [0.3, 0.4) is 0 Å². The molecule has 3 aromatic rings. The number of nitrogens with one attached hydrogen (secondary N) is 1. The second kappa shape index (κ2) is 6.71. The summed E-state index contributed by atoms with van der Waals surface area (Å²) in [6.07, 6.45) is 5.53.